The Kier molecular flexibility index (Phi) is 7.53. The van der Waals surface area contributed by atoms with E-state index in [2.05, 4.69) is 38.9 Å². The molecule has 0 bridgehead atoms. The van der Waals surface area contributed by atoms with Gasteiger partial charge in [-0.2, -0.15) is 5.10 Å². The van der Waals surface area contributed by atoms with Crippen LogP contribution in [0.15, 0.2) is 36.5 Å². The Balaban J connectivity index is 1.61. The quantitative estimate of drug-likeness (QED) is 0.477. The molecule has 3 aromatic rings. The van der Waals surface area contributed by atoms with Gasteiger partial charge in [0, 0.05) is 44.2 Å². The lowest BCUT2D eigenvalue weighted by atomic mass is 9.94. The van der Waals surface area contributed by atoms with Crippen LogP contribution in [0.5, 0.6) is 0 Å². The van der Waals surface area contributed by atoms with E-state index < -0.39 is 0 Å². The summed E-state index contributed by atoms with van der Waals surface area (Å²) in [5, 5.41) is 5.33. The Morgan fingerprint density at radius 3 is 2.54 bits per heavy atom. The van der Waals surface area contributed by atoms with Gasteiger partial charge in [-0.05, 0) is 51.7 Å². The standard InChI is InChI=1S/C28H37N5O2/c1-6-7-14-31(5)27(34)21-12-15-32(16-13-21)28(35)23-17-25(22-11-9-8-10-20(22)4)30-26-24(23)18-29-33(26)19(2)3/h8-11,17-19,21H,6-7,12-16H2,1-5H3. The molecular formula is C28H37N5O2. The Bertz CT molecular complexity index is 1210. The molecule has 3 heterocycles. The summed E-state index contributed by atoms with van der Waals surface area (Å²) in [4.78, 5) is 35.3. The number of benzene rings is 1. The number of carbonyl (C=O) groups is 2. The molecule has 7 heteroatoms. The topological polar surface area (TPSA) is 71.3 Å². The van der Waals surface area contributed by atoms with Crippen LogP contribution in [0.2, 0.25) is 0 Å². The van der Waals surface area contributed by atoms with Crippen molar-refractivity contribution in [2.24, 2.45) is 5.92 Å². The predicted octanol–water partition coefficient (Wildman–Crippen LogP) is 5.10. The maximum atomic E-state index is 13.8. The third-order valence-electron chi connectivity index (χ3n) is 7.06. The fourth-order valence-electron chi connectivity index (χ4n) is 4.89. The van der Waals surface area contributed by atoms with Gasteiger partial charge in [-0.25, -0.2) is 9.67 Å². The normalized spacial score (nSPS) is 14.6. The summed E-state index contributed by atoms with van der Waals surface area (Å²) >= 11 is 0. The van der Waals surface area contributed by atoms with E-state index in [4.69, 9.17) is 4.98 Å². The molecule has 1 aromatic carbocycles. The van der Waals surface area contributed by atoms with Crippen molar-refractivity contribution in [2.45, 2.75) is 59.4 Å². The first-order valence-corrected chi connectivity index (χ1v) is 12.8. The maximum Gasteiger partial charge on any atom is 0.254 e. The lowest BCUT2D eigenvalue weighted by Crippen LogP contribution is -2.43. The molecular weight excluding hydrogens is 438 g/mol. The molecule has 0 radical (unpaired) electrons. The second kappa shape index (κ2) is 10.6. The Labute approximate surface area is 208 Å². The molecule has 7 nitrogen and oxygen atoms in total. The number of likely N-dealkylation sites (tertiary alicyclic amines) is 1. The number of aryl methyl sites for hydroxylation is 1. The zero-order chi connectivity index (χ0) is 25.1. The Morgan fingerprint density at radius 1 is 1.17 bits per heavy atom. The highest BCUT2D eigenvalue weighted by Gasteiger charge is 2.30. The summed E-state index contributed by atoms with van der Waals surface area (Å²) in [5.41, 5.74) is 4.26. The minimum atomic E-state index is -0.0132. The van der Waals surface area contributed by atoms with Gasteiger partial charge in [0.05, 0.1) is 22.8 Å². The van der Waals surface area contributed by atoms with E-state index in [1.54, 1.807) is 6.20 Å². The second-order valence-corrected chi connectivity index (χ2v) is 9.97. The van der Waals surface area contributed by atoms with Crippen molar-refractivity contribution >= 4 is 22.8 Å². The van der Waals surface area contributed by atoms with Gasteiger partial charge in [0.15, 0.2) is 5.65 Å². The second-order valence-electron chi connectivity index (χ2n) is 9.97. The molecule has 2 amide bonds. The van der Waals surface area contributed by atoms with Gasteiger partial charge in [-0.1, -0.05) is 37.6 Å². The number of hydrogen-bond acceptors (Lipinski definition) is 4. The highest BCUT2D eigenvalue weighted by molar-refractivity contribution is 6.06. The number of piperidine rings is 1. The molecule has 1 fully saturated rings. The van der Waals surface area contributed by atoms with Crippen LogP contribution in [-0.2, 0) is 4.79 Å². The fourth-order valence-corrected chi connectivity index (χ4v) is 4.89. The number of pyridine rings is 1. The molecule has 35 heavy (non-hydrogen) atoms. The van der Waals surface area contributed by atoms with Crippen molar-refractivity contribution in [3.63, 3.8) is 0 Å². The third kappa shape index (κ3) is 5.09. The van der Waals surface area contributed by atoms with E-state index in [0.717, 1.165) is 47.2 Å². The SMILES string of the molecule is CCCCN(C)C(=O)C1CCN(C(=O)c2cc(-c3ccccc3C)nc3c2cnn3C(C)C)CC1. The molecule has 4 rings (SSSR count). The van der Waals surface area contributed by atoms with Crippen LogP contribution in [0.4, 0.5) is 0 Å². The molecule has 1 aliphatic heterocycles. The van der Waals surface area contributed by atoms with Crippen molar-refractivity contribution in [1.82, 2.24) is 24.6 Å². The lowest BCUT2D eigenvalue weighted by Gasteiger charge is -2.33. The van der Waals surface area contributed by atoms with Crippen LogP contribution in [0.25, 0.3) is 22.3 Å². The zero-order valence-corrected chi connectivity index (χ0v) is 21.6. The first-order chi connectivity index (χ1) is 16.8. The lowest BCUT2D eigenvalue weighted by molar-refractivity contribution is -0.135. The maximum absolute atomic E-state index is 13.8. The average Bonchev–Trinajstić information content (AvgIpc) is 3.30. The fraction of sp³-hybridized carbons (Fsp3) is 0.500. The third-order valence-corrected chi connectivity index (χ3v) is 7.06. The molecule has 0 unspecified atom stereocenters. The molecule has 0 atom stereocenters. The van der Waals surface area contributed by atoms with Crippen molar-refractivity contribution in [1.29, 1.82) is 0 Å². The minimum absolute atomic E-state index is 0.00964. The molecule has 0 N–H and O–H groups in total. The van der Waals surface area contributed by atoms with Crippen molar-refractivity contribution in [2.75, 3.05) is 26.7 Å². The van der Waals surface area contributed by atoms with Gasteiger partial charge in [0.25, 0.3) is 5.91 Å². The molecule has 186 valence electrons. The first-order valence-electron chi connectivity index (χ1n) is 12.8. The summed E-state index contributed by atoms with van der Waals surface area (Å²) < 4.78 is 1.88. The minimum Gasteiger partial charge on any atom is -0.346 e. The summed E-state index contributed by atoms with van der Waals surface area (Å²) in [6.45, 7) is 10.3. The van der Waals surface area contributed by atoms with Crippen molar-refractivity contribution in [3.05, 3.63) is 47.7 Å². The van der Waals surface area contributed by atoms with E-state index in [1.807, 2.05) is 45.8 Å². The van der Waals surface area contributed by atoms with Crippen LogP contribution >= 0.6 is 0 Å². The van der Waals surface area contributed by atoms with Crippen LogP contribution in [0, 0.1) is 12.8 Å². The molecule has 0 spiro atoms. The van der Waals surface area contributed by atoms with Crippen LogP contribution in [0.3, 0.4) is 0 Å². The van der Waals surface area contributed by atoms with Crippen LogP contribution in [-0.4, -0.2) is 63.1 Å². The largest absolute Gasteiger partial charge is 0.346 e. The van der Waals surface area contributed by atoms with Gasteiger partial charge in [0.1, 0.15) is 0 Å². The van der Waals surface area contributed by atoms with Crippen molar-refractivity contribution < 1.29 is 9.59 Å². The van der Waals surface area contributed by atoms with E-state index >= 15 is 0 Å². The molecule has 2 aromatic heterocycles. The van der Waals surface area contributed by atoms with Crippen LogP contribution < -0.4 is 0 Å². The number of unbranched alkanes of at least 4 members (excludes halogenated alkanes) is 1. The zero-order valence-electron chi connectivity index (χ0n) is 21.6. The summed E-state index contributed by atoms with van der Waals surface area (Å²) in [5.74, 6) is 0.183. The number of rotatable bonds is 7. The monoisotopic (exact) mass is 475 g/mol. The highest BCUT2D eigenvalue weighted by Crippen LogP contribution is 2.30. The van der Waals surface area contributed by atoms with Gasteiger partial charge < -0.3 is 9.80 Å². The van der Waals surface area contributed by atoms with Gasteiger partial charge in [-0.3, -0.25) is 9.59 Å². The first kappa shape index (κ1) is 24.9. The number of hydrogen-bond donors (Lipinski definition) is 0. The molecule has 0 aliphatic carbocycles. The van der Waals surface area contributed by atoms with Gasteiger partial charge in [0.2, 0.25) is 5.91 Å². The summed E-state index contributed by atoms with van der Waals surface area (Å²) in [6, 6.07) is 10.1. The van der Waals surface area contributed by atoms with E-state index in [1.165, 1.54) is 0 Å². The number of aromatic nitrogens is 3. The molecule has 1 saturated heterocycles. The predicted molar refractivity (Wildman–Crippen MR) is 139 cm³/mol. The molecule has 0 saturated carbocycles. The number of nitrogens with zero attached hydrogens (tertiary/aromatic N) is 5. The Morgan fingerprint density at radius 2 is 1.89 bits per heavy atom. The smallest absolute Gasteiger partial charge is 0.254 e. The van der Waals surface area contributed by atoms with E-state index in [9.17, 15) is 9.59 Å². The Hall–Kier alpha value is -3.22. The number of carbonyl (C=O) groups excluding carboxylic acids is 2. The van der Waals surface area contributed by atoms with E-state index in [0.29, 0.717) is 31.5 Å². The summed E-state index contributed by atoms with van der Waals surface area (Å²) in [7, 11) is 1.89. The average molecular weight is 476 g/mol. The summed E-state index contributed by atoms with van der Waals surface area (Å²) in [6.07, 6.45) is 5.25. The number of amides is 2. The highest BCUT2D eigenvalue weighted by atomic mass is 16.2. The van der Waals surface area contributed by atoms with Crippen LogP contribution in [0.1, 0.15) is 68.4 Å². The number of fused-ring (bicyclic) bond motifs is 1. The van der Waals surface area contributed by atoms with Gasteiger partial charge in [-0.15, -0.1) is 0 Å². The van der Waals surface area contributed by atoms with Gasteiger partial charge >= 0.3 is 0 Å². The van der Waals surface area contributed by atoms with E-state index in [-0.39, 0.29) is 23.8 Å². The van der Waals surface area contributed by atoms with Crippen molar-refractivity contribution in [3.8, 4) is 11.3 Å². The molecule has 1 aliphatic rings.